The Kier molecular flexibility index (Phi) is 30.4. The molecule has 14 heavy (non-hydrogen) atoms. The van der Waals surface area contributed by atoms with E-state index in [-0.39, 0.29) is 5.48 Å². The van der Waals surface area contributed by atoms with Crippen molar-refractivity contribution in [3.8, 4) is 0 Å². The van der Waals surface area contributed by atoms with E-state index < -0.39 is 0 Å². The van der Waals surface area contributed by atoms with Crippen LogP contribution in [0.1, 0.15) is 19.8 Å². The summed E-state index contributed by atoms with van der Waals surface area (Å²) >= 11 is 0. The molecule has 0 bridgehead atoms. The van der Waals surface area contributed by atoms with Gasteiger partial charge in [-0.3, -0.25) is 4.98 Å². The van der Waals surface area contributed by atoms with Crippen LogP contribution in [-0.2, 0) is 0 Å². The molecule has 0 aliphatic heterocycles. The van der Waals surface area contributed by atoms with Crippen molar-refractivity contribution < 1.29 is 15.7 Å². The molecule has 0 spiro atoms. The highest BCUT2D eigenvalue weighted by Gasteiger charge is 1.69. The molecule has 0 aliphatic rings. The van der Waals surface area contributed by atoms with Gasteiger partial charge < -0.3 is 15.7 Å². The van der Waals surface area contributed by atoms with Gasteiger partial charge in [-0.1, -0.05) is 19.4 Å². The van der Waals surface area contributed by atoms with E-state index in [1.54, 1.807) is 12.4 Å². The van der Waals surface area contributed by atoms with E-state index in [0.717, 1.165) is 20.0 Å². The van der Waals surface area contributed by atoms with Crippen LogP contribution in [0.25, 0.3) is 0 Å². The van der Waals surface area contributed by atoms with Crippen LogP contribution in [0.15, 0.2) is 30.6 Å². The summed E-state index contributed by atoms with van der Waals surface area (Å²) in [5.74, 6) is 0. The zero-order chi connectivity index (χ0) is 10.4. The maximum Gasteiger partial charge on any atom is 0.0430 e. The summed E-state index contributed by atoms with van der Waals surface area (Å²) in [6, 6.07) is 5.72. The van der Waals surface area contributed by atoms with Crippen LogP contribution in [0.5, 0.6) is 0 Å². The zero-order valence-corrected chi connectivity index (χ0v) is 8.85. The predicted octanol–water partition coefficient (Wildman–Crippen LogP) is 0.644. The van der Waals surface area contributed by atoms with Gasteiger partial charge in [0.25, 0.3) is 0 Å². The van der Waals surface area contributed by atoms with E-state index in [0.29, 0.717) is 6.61 Å². The minimum atomic E-state index is 0. The molecule has 0 saturated heterocycles. The van der Waals surface area contributed by atoms with Gasteiger partial charge in [-0.2, -0.15) is 0 Å². The summed E-state index contributed by atoms with van der Waals surface area (Å²) in [4.78, 5) is 3.78. The zero-order valence-electron chi connectivity index (χ0n) is 8.85. The monoisotopic (exact) mass is 203 g/mol. The van der Waals surface area contributed by atoms with Gasteiger partial charge in [0, 0.05) is 26.1 Å². The first kappa shape index (κ1) is 18.7. The van der Waals surface area contributed by atoms with Crippen LogP contribution in [0, 0.1) is 0 Å². The van der Waals surface area contributed by atoms with Crippen molar-refractivity contribution in [3.05, 3.63) is 30.6 Å². The smallest absolute Gasteiger partial charge is 0.0430 e. The van der Waals surface area contributed by atoms with E-state index in [1.165, 1.54) is 0 Å². The third-order valence-corrected chi connectivity index (χ3v) is 1.08. The second-order valence-corrected chi connectivity index (χ2v) is 2.10. The Morgan fingerprint density at radius 1 is 1.07 bits per heavy atom. The molecular formula is C10H21NO3. The number of aliphatic hydroxyl groups is 2. The SMILES string of the molecule is CCCCO.CO.O.c1ccncc1. The maximum absolute atomic E-state index is 8.07. The first-order valence-electron chi connectivity index (χ1n) is 4.32. The molecule has 4 nitrogen and oxygen atoms in total. The van der Waals surface area contributed by atoms with Gasteiger partial charge in [-0.15, -0.1) is 0 Å². The van der Waals surface area contributed by atoms with Crippen LogP contribution < -0.4 is 0 Å². The number of hydrogen-bond acceptors (Lipinski definition) is 3. The molecular weight excluding hydrogens is 182 g/mol. The first-order chi connectivity index (χ1) is 6.41. The summed E-state index contributed by atoms with van der Waals surface area (Å²) in [6.07, 6.45) is 5.54. The molecule has 0 radical (unpaired) electrons. The summed E-state index contributed by atoms with van der Waals surface area (Å²) in [6.45, 7) is 2.40. The van der Waals surface area contributed by atoms with Gasteiger partial charge >= 0.3 is 0 Å². The molecule has 1 heterocycles. The Labute approximate surface area is 85.6 Å². The van der Waals surface area contributed by atoms with Crippen molar-refractivity contribution in [1.82, 2.24) is 4.98 Å². The number of aromatic nitrogens is 1. The number of nitrogens with zero attached hydrogens (tertiary/aromatic N) is 1. The minimum absolute atomic E-state index is 0. The summed E-state index contributed by atoms with van der Waals surface area (Å²) in [7, 11) is 1.00. The van der Waals surface area contributed by atoms with Crippen molar-refractivity contribution in [1.29, 1.82) is 0 Å². The maximum atomic E-state index is 8.07. The van der Waals surface area contributed by atoms with Gasteiger partial charge in [0.05, 0.1) is 0 Å². The molecule has 0 amide bonds. The van der Waals surface area contributed by atoms with Crippen LogP contribution in [-0.4, -0.2) is 34.4 Å². The quantitative estimate of drug-likeness (QED) is 0.739. The summed E-state index contributed by atoms with van der Waals surface area (Å²) < 4.78 is 0. The Bertz CT molecular complexity index is 119. The van der Waals surface area contributed by atoms with Crippen LogP contribution in [0.3, 0.4) is 0 Å². The van der Waals surface area contributed by atoms with Gasteiger partial charge in [0.1, 0.15) is 0 Å². The second kappa shape index (κ2) is 22.7. The van der Waals surface area contributed by atoms with E-state index in [9.17, 15) is 0 Å². The second-order valence-electron chi connectivity index (χ2n) is 2.10. The van der Waals surface area contributed by atoms with Crippen molar-refractivity contribution >= 4 is 0 Å². The van der Waals surface area contributed by atoms with E-state index in [2.05, 4.69) is 11.9 Å². The Balaban J connectivity index is -0.000000141. The molecule has 0 atom stereocenters. The van der Waals surface area contributed by atoms with Crippen molar-refractivity contribution in [2.24, 2.45) is 0 Å². The molecule has 0 fully saturated rings. The van der Waals surface area contributed by atoms with Crippen molar-refractivity contribution in [2.45, 2.75) is 19.8 Å². The van der Waals surface area contributed by atoms with Gasteiger partial charge in [0.15, 0.2) is 0 Å². The predicted molar refractivity (Wildman–Crippen MR) is 58.0 cm³/mol. The van der Waals surface area contributed by atoms with E-state index in [1.807, 2.05) is 18.2 Å². The van der Waals surface area contributed by atoms with Gasteiger partial charge in [0.2, 0.25) is 0 Å². The molecule has 1 aromatic heterocycles. The molecule has 4 N–H and O–H groups in total. The van der Waals surface area contributed by atoms with E-state index >= 15 is 0 Å². The van der Waals surface area contributed by atoms with Crippen LogP contribution in [0.4, 0.5) is 0 Å². The molecule has 0 unspecified atom stereocenters. The molecule has 0 saturated carbocycles. The lowest BCUT2D eigenvalue weighted by Gasteiger charge is -1.79. The molecule has 4 heteroatoms. The fourth-order valence-corrected chi connectivity index (χ4v) is 0.471. The number of unbranched alkanes of at least 4 members (excludes halogenated alkanes) is 1. The Morgan fingerprint density at radius 3 is 1.64 bits per heavy atom. The van der Waals surface area contributed by atoms with Crippen molar-refractivity contribution in [3.63, 3.8) is 0 Å². The highest BCUT2D eigenvalue weighted by molar-refractivity contribution is 4.88. The average Bonchev–Trinajstić information content (AvgIpc) is 2.25. The largest absolute Gasteiger partial charge is 0.412 e. The lowest BCUT2D eigenvalue weighted by Crippen LogP contribution is -1.75. The summed E-state index contributed by atoms with van der Waals surface area (Å²) in [5.41, 5.74) is 0. The number of rotatable bonds is 2. The lowest BCUT2D eigenvalue weighted by atomic mass is 10.4. The third kappa shape index (κ3) is 22.5. The van der Waals surface area contributed by atoms with Crippen LogP contribution in [0.2, 0.25) is 0 Å². The summed E-state index contributed by atoms with van der Waals surface area (Å²) in [5, 5.41) is 15.1. The molecule has 0 aromatic carbocycles. The van der Waals surface area contributed by atoms with Gasteiger partial charge in [-0.25, -0.2) is 0 Å². The standard InChI is InChI=1S/C5H5N.C4H10O.CH4O.H2O/c1-2-4-6-5-3-1;1-2-3-4-5;1-2;/h1-5H;5H,2-4H2,1H3;2H,1H3;1H2. The molecule has 84 valence electrons. The average molecular weight is 203 g/mol. The lowest BCUT2D eigenvalue weighted by molar-refractivity contribution is 0.287. The molecule has 1 rings (SSSR count). The molecule has 0 aliphatic carbocycles. The first-order valence-corrected chi connectivity index (χ1v) is 4.32. The normalized spacial score (nSPS) is 6.86. The number of aliphatic hydroxyl groups excluding tert-OH is 2. The third-order valence-electron chi connectivity index (χ3n) is 1.08. The molecule has 1 aromatic rings. The highest BCUT2D eigenvalue weighted by Crippen LogP contribution is 1.78. The number of hydrogen-bond donors (Lipinski definition) is 2. The number of pyridine rings is 1. The fourth-order valence-electron chi connectivity index (χ4n) is 0.471. The minimum Gasteiger partial charge on any atom is -0.412 e. The van der Waals surface area contributed by atoms with E-state index in [4.69, 9.17) is 10.2 Å². The Hall–Kier alpha value is -0.970. The van der Waals surface area contributed by atoms with Crippen molar-refractivity contribution in [2.75, 3.05) is 13.7 Å². The van der Waals surface area contributed by atoms with Crippen LogP contribution >= 0.6 is 0 Å². The topological polar surface area (TPSA) is 84.9 Å². The van der Waals surface area contributed by atoms with Gasteiger partial charge in [-0.05, 0) is 18.6 Å². The Morgan fingerprint density at radius 2 is 1.57 bits per heavy atom. The fraction of sp³-hybridized carbons (Fsp3) is 0.500. The highest BCUT2D eigenvalue weighted by atomic mass is 16.3.